The second-order valence-electron chi connectivity index (χ2n) is 6.41. The number of hydrogen-bond acceptors (Lipinski definition) is 2. The maximum absolute atomic E-state index is 14.3. The normalized spacial score (nSPS) is 22.0. The van der Waals surface area contributed by atoms with E-state index in [0.29, 0.717) is 5.56 Å². The molecule has 0 aliphatic carbocycles. The molecule has 2 aliphatic rings. The molecular weight excluding hydrogens is 332 g/mol. The Hall–Kier alpha value is -1.65. The van der Waals surface area contributed by atoms with Gasteiger partial charge in [-0.05, 0) is 54.8 Å². The summed E-state index contributed by atoms with van der Waals surface area (Å²) in [6.45, 7) is 3.79. The number of benzene rings is 2. The second kappa shape index (κ2) is 6.01. The quantitative estimate of drug-likeness (QED) is 0.849. The summed E-state index contributed by atoms with van der Waals surface area (Å²) in [5.74, 6) is -0.148. The van der Waals surface area contributed by atoms with Crippen molar-refractivity contribution in [1.29, 1.82) is 0 Å². The van der Waals surface area contributed by atoms with E-state index in [9.17, 15) is 8.78 Å². The first-order chi connectivity index (χ1) is 11.6. The Balaban J connectivity index is 1.88. The second-order valence-corrected chi connectivity index (χ2v) is 6.84. The lowest BCUT2D eigenvalue weighted by Gasteiger charge is -2.24. The fraction of sp³-hybridized carbons (Fsp3) is 0.368. The van der Waals surface area contributed by atoms with Gasteiger partial charge in [-0.25, -0.2) is 8.78 Å². The molecule has 0 aromatic heterocycles. The largest absolute Gasteiger partial charge is 0.489 e. The highest BCUT2D eigenvalue weighted by Gasteiger charge is 2.37. The Morgan fingerprint density at radius 1 is 1.21 bits per heavy atom. The Labute approximate surface area is 144 Å². The van der Waals surface area contributed by atoms with Gasteiger partial charge in [-0.2, -0.15) is 0 Å². The van der Waals surface area contributed by atoms with E-state index < -0.39 is 11.6 Å². The molecule has 0 amide bonds. The van der Waals surface area contributed by atoms with E-state index in [4.69, 9.17) is 16.3 Å². The molecule has 1 saturated heterocycles. The van der Waals surface area contributed by atoms with Gasteiger partial charge in [0, 0.05) is 23.0 Å². The summed E-state index contributed by atoms with van der Waals surface area (Å²) < 4.78 is 34.9. The van der Waals surface area contributed by atoms with Crippen LogP contribution < -0.4 is 10.1 Å². The van der Waals surface area contributed by atoms with Crippen LogP contribution in [0.5, 0.6) is 5.75 Å². The molecule has 2 heterocycles. The first-order valence-corrected chi connectivity index (χ1v) is 8.65. The number of fused-ring (bicyclic) bond motifs is 3. The van der Waals surface area contributed by atoms with Crippen LogP contribution in [0.1, 0.15) is 30.4 Å². The molecule has 0 bridgehead atoms. The minimum Gasteiger partial charge on any atom is -0.489 e. The van der Waals surface area contributed by atoms with Crippen LogP contribution in [-0.2, 0) is 6.42 Å². The number of hydrogen-bond donors (Lipinski definition) is 1. The highest BCUT2D eigenvalue weighted by molar-refractivity contribution is 6.30. The summed E-state index contributed by atoms with van der Waals surface area (Å²) in [6, 6.07) is 6.01. The van der Waals surface area contributed by atoms with Gasteiger partial charge in [0.15, 0.2) is 0 Å². The molecule has 0 saturated carbocycles. The van der Waals surface area contributed by atoms with Crippen LogP contribution in [0, 0.1) is 11.6 Å². The number of nitrogens with one attached hydrogen (secondary N) is 1. The van der Waals surface area contributed by atoms with E-state index >= 15 is 0 Å². The van der Waals surface area contributed by atoms with Crippen LogP contribution in [-0.4, -0.2) is 19.2 Å². The molecule has 0 spiro atoms. The Morgan fingerprint density at radius 3 is 2.67 bits per heavy atom. The van der Waals surface area contributed by atoms with Crippen molar-refractivity contribution in [3.8, 4) is 16.9 Å². The SMILES string of the molecule is CCc1cc(-c2c(F)cc(Cl)cc2F)cc2c1O[C@H]1CCNC[C@@H]21. The van der Waals surface area contributed by atoms with Gasteiger partial charge >= 0.3 is 0 Å². The summed E-state index contributed by atoms with van der Waals surface area (Å²) in [7, 11) is 0. The molecule has 2 aromatic carbocycles. The van der Waals surface area contributed by atoms with E-state index in [2.05, 4.69) is 5.32 Å². The van der Waals surface area contributed by atoms with E-state index in [1.54, 1.807) is 0 Å². The minimum absolute atomic E-state index is 0.0240. The van der Waals surface area contributed by atoms with Gasteiger partial charge in [0.05, 0.1) is 5.56 Å². The number of rotatable bonds is 2. The molecule has 126 valence electrons. The average molecular weight is 350 g/mol. The number of piperidine rings is 1. The van der Waals surface area contributed by atoms with Crippen molar-refractivity contribution in [3.05, 3.63) is 52.0 Å². The third-order valence-corrected chi connectivity index (χ3v) is 5.18. The zero-order valence-corrected chi connectivity index (χ0v) is 14.1. The first kappa shape index (κ1) is 15.9. The first-order valence-electron chi connectivity index (χ1n) is 8.27. The predicted molar refractivity (Wildman–Crippen MR) is 90.8 cm³/mol. The van der Waals surface area contributed by atoms with Crippen LogP contribution >= 0.6 is 11.6 Å². The monoisotopic (exact) mass is 349 g/mol. The summed E-state index contributed by atoms with van der Waals surface area (Å²) in [5, 5.41) is 3.44. The van der Waals surface area contributed by atoms with Gasteiger partial charge in [-0.3, -0.25) is 0 Å². The lowest BCUT2D eigenvalue weighted by Crippen LogP contribution is -2.37. The van der Waals surface area contributed by atoms with Crippen molar-refractivity contribution in [2.45, 2.75) is 31.8 Å². The number of halogens is 3. The Morgan fingerprint density at radius 2 is 1.96 bits per heavy atom. The predicted octanol–water partition coefficient (Wildman–Crippen LogP) is 4.69. The summed E-state index contributed by atoms with van der Waals surface area (Å²) in [4.78, 5) is 0. The topological polar surface area (TPSA) is 21.3 Å². The van der Waals surface area contributed by atoms with Gasteiger partial charge in [-0.1, -0.05) is 18.5 Å². The van der Waals surface area contributed by atoms with Gasteiger partial charge in [0.2, 0.25) is 0 Å². The van der Waals surface area contributed by atoms with Crippen LogP contribution in [0.25, 0.3) is 11.1 Å². The van der Waals surface area contributed by atoms with E-state index in [-0.39, 0.29) is 22.6 Å². The summed E-state index contributed by atoms with van der Waals surface area (Å²) in [5.41, 5.74) is 2.57. The highest BCUT2D eigenvalue weighted by atomic mass is 35.5. The molecule has 2 aromatic rings. The maximum atomic E-state index is 14.3. The van der Waals surface area contributed by atoms with Crippen molar-refractivity contribution in [3.63, 3.8) is 0 Å². The van der Waals surface area contributed by atoms with Crippen molar-refractivity contribution >= 4 is 11.6 Å². The fourth-order valence-electron chi connectivity index (χ4n) is 3.79. The van der Waals surface area contributed by atoms with Crippen molar-refractivity contribution in [2.24, 2.45) is 0 Å². The van der Waals surface area contributed by atoms with E-state index in [1.807, 2.05) is 19.1 Å². The third-order valence-electron chi connectivity index (χ3n) is 4.96. The van der Waals surface area contributed by atoms with E-state index in [0.717, 1.165) is 54.9 Å². The smallest absolute Gasteiger partial charge is 0.135 e. The number of aryl methyl sites for hydroxylation is 1. The zero-order valence-electron chi connectivity index (χ0n) is 13.3. The molecule has 1 fully saturated rings. The molecular formula is C19H18ClF2NO. The molecule has 2 aliphatic heterocycles. The molecule has 0 radical (unpaired) electrons. The fourth-order valence-corrected chi connectivity index (χ4v) is 3.99. The van der Waals surface area contributed by atoms with Gasteiger partial charge in [0.1, 0.15) is 23.5 Å². The summed E-state index contributed by atoms with van der Waals surface area (Å²) in [6.07, 6.45) is 1.85. The average Bonchev–Trinajstić information content (AvgIpc) is 2.92. The van der Waals surface area contributed by atoms with Crippen LogP contribution in [0.4, 0.5) is 8.78 Å². The molecule has 5 heteroatoms. The lowest BCUT2D eigenvalue weighted by molar-refractivity contribution is 0.171. The van der Waals surface area contributed by atoms with Gasteiger partial charge < -0.3 is 10.1 Å². The molecule has 0 unspecified atom stereocenters. The molecule has 4 rings (SSSR count). The van der Waals surface area contributed by atoms with Crippen molar-refractivity contribution < 1.29 is 13.5 Å². The van der Waals surface area contributed by atoms with Gasteiger partial charge in [0.25, 0.3) is 0 Å². The van der Waals surface area contributed by atoms with Crippen molar-refractivity contribution in [2.75, 3.05) is 13.1 Å². The minimum atomic E-state index is -0.640. The molecule has 24 heavy (non-hydrogen) atoms. The lowest BCUT2D eigenvalue weighted by atomic mass is 9.87. The molecule has 2 nitrogen and oxygen atoms in total. The van der Waals surface area contributed by atoms with Crippen LogP contribution in [0.15, 0.2) is 24.3 Å². The molecule has 1 N–H and O–H groups in total. The standard InChI is InChI=1S/C19H18ClF2NO/c1-2-10-5-11(18-15(21)7-12(20)8-16(18)22)6-13-14-9-23-4-3-17(14)24-19(10)13/h5-8,14,17,23H,2-4,9H2,1H3/t14-,17-/m0/s1. The zero-order chi connectivity index (χ0) is 16.8. The third kappa shape index (κ3) is 2.49. The maximum Gasteiger partial charge on any atom is 0.135 e. The van der Waals surface area contributed by atoms with Gasteiger partial charge in [-0.15, -0.1) is 0 Å². The van der Waals surface area contributed by atoms with Crippen LogP contribution in [0.3, 0.4) is 0 Å². The van der Waals surface area contributed by atoms with Crippen molar-refractivity contribution in [1.82, 2.24) is 5.32 Å². The Bertz CT molecular complexity index is 785. The Kier molecular flexibility index (Phi) is 3.97. The highest BCUT2D eigenvalue weighted by Crippen LogP contribution is 2.45. The number of ether oxygens (including phenoxy) is 1. The van der Waals surface area contributed by atoms with E-state index in [1.165, 1.54) is 0 Å². The summed E-state index contributed by atoms with van der Waals surface area (Å²) >= 11 is 5.74. The molecule has 2 atom stereocenters. The van der Waals surface area contributed by atoms with Crippen LogP contribution in [0.2, 0.25) is 5.02 Å².